The van der Waals surface area contributed by atoms with Crippen LogP contribution in [0.25, 0.3) is 0 Å². The van der Waals surface area contributed by atoms with Crippen LogP contribution in [0.15, 0.2) is 46.7 Å². The Balaban J connectivity index is 1.65. The average molecular weight is 279 g/mol. The smallest absolute Gasteiger partial charge is 0.119 e. The van der Waals surface area contributed by atoms with E-state index in [2.05, 4.69) is 35.0 Å². The van der Waals surface area contributed by atoms with Gasteiger partial charge in [-0.05, 0) is 29.6 Å². The summed E-state index contributed by atoms with van der Waals surface area (Å²) >= 11 is 3.64. The van der Waals surface area contributed by atoms with Crippen LogP contribution in [-0.4, -0.2) is 19.4 Å². The van der Waals surface area contributed by atoms with Crippen molar-refractivity contribution in [2.75, 3.05) is 19.4 Å². The van der Waals surface area contributed by atoms with E-state index < -0.39 is 0 Å². The zero-order chi connectivity index (χ0) is 12.6. The van der Waals surface area contributed by atoms with E-state index in [-0.39, 0.29) is 0 Å². The summed E-state index contributed by atoms with van der Waals surface area (Å²) < 4.78 is 5.20. The Labute approximate surface area is 116 Å². The molecule has 0 radical (unpaired) electrons. The predicted octanol–water partition coefficient (Wildman–Crippen LogP) is 3.64. The SMILES string of the molecule is COc1cccc(SCCNCc2cccs2)c1. The fraction of sp³-hybridized carbons (Fsp3) is 0.286. The third-order valence-corrected chi connectivity index (χ3v) is 4.34. The quantitative estimate of drug-likeness (QED) is 0.617. The molecule has 0 fully saturated rings. The van der Waals surface area contributed by atoms with Gasteiger partial charge in [-0.3, -0.25) is 0 Å². The van der Waals surface area contributed by atoms with Crippen LogP contribution in [0.3, 0.4) is 0 Å². The summed E-state index contributed by atoms with van der Waals surface area (Å²) in [6.07, 6.45) is 0. The number of thiophene rings is 1. The average Bonchev–Trinajstić information content (AvgIpc) is 2.92. The number of benzene rings is 1. The third-order valence-electron chi connectivity index (χ3n) is 2.47. The van der Waals surface area contributed by atoms with Gasteiger partial charge in [-0.15, -0.1) is 23.1 Å². The Morgan fingerprint density at radius 1 is 1.28 bits per heavy atom. The van der Waals surface area contributed by atoms with Crippen molar-refractivity contribution in [1.29, 1.82) is 0 Å². The molecule has 0 spiro atoms. The first kappa shape index (κ1) is 13.5. The molecule has 0 aliphatic heterocycles. The van der Waals surface area contributed by atoms with E-state index >= 15 is 0 Å². The van der Waals surface area contributed by atoms with Crippen molar-refractivity contribution >= 4 is 23.1 Å². The summed E-state index contributed by atoms with van der Waals surface area (Å²) in [5.74, 6) is 1.99. The standard InChI is InChI=1S/C14H17NOS2/c1-16-12-4-2-5-13(10-12)18-9-7-15-11-14-6-3-8-17-14/h2-6,8,10,15H,7,9,11H2,1H3. The summed E-state index contributed by atoms with van der Waals surface area (Å²) in [4.78, 5) is 2.65. The molecule has 18 heavy (non-hydrogen) atoms. The molecule has 1 heterocycles. The number of rotatable bonds is 7. The molecule has 1 aromatic carbocycles. The highest BCUT2D eigenvalue weighted by atomic mass is 32.2. The van der Waals surface area contributed by atoms with Crippen molar-refractivity contribution < 1.29 is 4.74 Å². The Kier molecular flexibility index (Phi) is 5.58. The van der Waals surface area contributed by atoms with E-state index in [0.717, 1.165) is 24.6 Å². The lowest BCUT2D eigenvalue weighted by Gasteiger charge is -2.05. The first-order valence-corrected chi connectivity index (χ1v) is 7.75. The predicted molar refractivity (Wildman–Crippen MR) is 79.7 cm³/mol. The Hall–Kier alpha value is -0.970. The van der Waals surface area contributed by atoms with Gasteiger partial charge in [-0.2, -0.15) is 0 Å². The summed E-state index contributed by atoms with van der Waals surface area (Å²) in [6.45, 7) is 1.98. The van der Waals surface area contributed by atoms with Gasteiger partial charge < -0.3 is 10.1 Å². The maximum Gasteiger partial charge on any atom is 0.119 e. The minimum Gasteiger partial charge on any atom is -0.497 e. The number of hydrogen-bond donors (Lipinski definition) is 1. The van der Waals surface area contributed by atoms with E-state index in [9.17, 15) is 0 Å². The lowest BCUT2D eigenvalue weighted by atomic mass is 10.3. The first-order valence-electron chi connectivity index (χ1n) is 5.88. The van der Waals surface area contributed by atoms with Crippen LogP contribution in [0.5, 0.6) is 5.75 Å². The molecule has 2 nitrogen and oxygen atoms in total. The van der Waals surface area contributed by atoms with Gasteiger partial charge >= 0.3 is 0 Å². The number of thioether (sulfide) groups is 1. The fourth-order valence-electron chi connectivity index (χ4n) is 1.56. The molecule has 0 atom stereocenters. The summed E-state index contributed by atoms with van der Waals surface area (Å²) in [7, 11) is 1.70. The van der Waals surface area contributed by atoms with E-state index in [4.69, 9.17) is 4.74 Å². The van der Waals surface area contributed by atoms with Crippen molar-refractivity contribution in [2.24, 2.45) is 0 Å². The van der Waals surface area contributed by atoms with Gasteiger partial charge in [-0.1, -0.05) is 12.1 Å². The summed E-state index contributed by atoms with van der Waals surface area (Å²) in [5, 5.41) is 5.56. The van der Waals surface area contributed by atoms with Crippen molar-refractivity contribution in [3.05, 3.63) is 46.7 Å². The van der Waals surface area contributed by atoms with Crippen LogP contribution in [0.1, 0.15) is 4.88 Å². The molecule has 2 aromatic rings. The minimum absolute atomic E-state index is 0.923. The van der Waals surface area contributed by atoms with Gasteiger partial charge in [0.1, 0.15) is 5.75 Å². The largest absolute Gasteiger partial charge is 0.497 e. The zero-order valence-electron chi connectivity index (χ0n) is 10.4. The summed E-state index contributed by atoms with van der Waals surface area (Å²) in [5.41, 5.74) is 0. The molecule has 0 saturated carbocycles. The Morgan fingerprint density at radius 2 is 2.22 bits per heavy atom. The minimum atomic E-state index is 0.923. The van der Waals surface area contributed by atoms with Gasteiger partial charge in [0.15, 0.2) is 0 Å². The second-order valence-corrected chi connectivity index (χ2v) is 5.98. The van der Waals surface area contributed by atoms with Crippen LogP contribution in [0, 0.1) is 0 Å². The molecule has 0 unspecified atom stereocenters. The van der Waals surface area contributed by atoms with Gasteiger partial charge in [0.25, 0.3) is 0 Å². The molecule has 0 aliphatic rings. The second-order valence-electron chi connectivity index (χ2n) is 3.78. The lowest BCUT2D eigenvalue weighted by Crippen LogP contribution is -2.15. The molecule has 0 saturated heterocycles. The highest BCUT2D eigenvalue weighted by Crippen LogP contribution is 2.22. The zero-order valence-corrected chi connectivity index (χ0v) is 12.0. The van der Waals surface area contributed by atoms with Gasteiger partial charge in [0.2, 0.25) is 0 Å². The van der Waals surface area contributed by atoms with Crippen LogP contribution >= 0.6 is 23.1 Å². The third kappa shape index (κ3) is 4.37. The molecular weight excluding hydrogens is 262 g/mol. The van der Waals surface area contributed by atoms with Crippen molar-refractivity contribution in [3.8, 4) is 5.75 Å². The Morgan fingerprint density at radius 3 is 3.00 bits per heavy atom. The normalized spacial score (nSPS) is 10.5. The molecule has 96 valence electrons. The molecule has 0 amide bonds. The monoisotopic (exact) mass is 279 g/mol. The van der Waals surface area contributed by atoms with Crippen LogP contribution < -0.4 is 10.1 Å². The molecular formula is C14H17NOS2. The van der Waals surface area contributed by atoms with Crippen LogP contribution in [0.4, 0.5) is 0 Å². The highest BCUT2D eigenvalue weighted by molar-refractivity contribution is 7.99. The van der Waals surface area contributed by atoms with Crippen molar-refractivity contribution in [2.45, 2.75) is 11.4 Å². The van der Waals surface area contributed by atoms with Gasteiger partial charge in [0, 0.05) is 28.6 Å². The number of hydrogen-bond acceptors (Lipinski definition) is 4. The van der Waals surface area contributed by atoms with Crippen LogP contribution in [-0.2, 0) is 6.54 Å². The van der Waals surface area contributed by atoms with Crippen molar-refractivity contribution in [3.63, 3.8) is 0 Å². The number of ether oxygens (including phenoxy) is 1. The topological polar surface area (TPSA) is 21.3 Å². The number of methoxy groups -OCH3 is 1. The summed E-state index contributed by atoms with van der Waals surface area (Å²) in [6, 6.07) is 12.4. The highest BCUT2D eigenvalue weighted by Gasteiger charge is 1.97. The van der Waals surface area contributed by atoms with Gasteiger partial charge in [-0.25, -0.2) is 0 Å². The number of nitrogens with one attached hydrogen (secondary N) is 1. The second kappa shape index (κ2) is 7.46. The lowest BCUT2D eigenvalue weighted by molar-refractivity contribution is 0.413. The maximum atomic E-state index is 5.20. The maximum absolute atomic E-state index is 5.20. The van der Waals surface area contributed by atoms with Crippen molar-refractivity contribution in [1.82, 2.24) is 5.32 Å². The van der Waals surface area contributed by atoms with E-state index in [0.29, 0.717) is 0 Å². The first-order chi connectivity index (χ1) is 8.88. The van der Waals surface area contributed by atoms with E-state index in [1.165, 1.54) is 9.77 Å². The molecule has 1 aromatic heterocycles. The van der Waals surface area contributed by atoms with Gasteiger partial charge in [0.05, 0.1) is 7.11 Å². The molecule has 4 heteroatoms. The molecule has 0 aliphatic carbocycles. The van der Waals surface area contributed by atoms with Crippen LogP contribution in [0.2, 0.25) is 0 Å². The van der Waals surface area contributed by atoms with E-state index in [1.807, 2.05) is 23.9 Å². The molecule has 2 rings (SSSR count). The Bertz CT molecular complexity index is 457. The molecule has 0 bridgehead atoms. The fourth-order valence-corrected chi connectivity index (χ4v) is 3.09. The van der Waals surface area contributed by atoms with E-state index in [1.54, 1.807) is 18.4 Å². The molecule has 1 N–H and O–H groups in total.